The minimum Gasteiger partial charge on any atom is -0.309 e. The van der Waals surface area contributed by atoms with E-state index in [1.807, 2.05) is 0 Å². The number of hydrogen-bond acceptors (Lipinski definition) is 0. The van der Waals surface area contributed by atoms with Crippen molar-refractivity contribution < 1.29 is 0 Å². The van der Waals surface area contributed by atoms with Crippen molar-refractivity contribution in [3.8, 4) is 27.9 Å². The summed E-state index contributed by atoms with van der Waals surface area (Å²) in [5.74, 6) is 0.608. The highest BCUT2D eigenvalue weighted by Crippen LogP contribution is 2.47. The molecule has 264 valence electrons. The molecule has 1 aromatic heterocycles. The molecule has 0 radical (unpaired) electrons. The highest BCUT2D eigenvalue weighted by atomic mass is 15.1. The van der Waals surface area contributed by atoms with Gasteiger partial charge in [0, 0.05) is 40.7 Å². The number of benzene rings is 7. The molecule has 2 aliphatic rings. The molecule has 0 spiro atoms. The van der Waals surface area contributed by atoms with Crippen molar-refractivity contribution in [2.45, 2.75) is 39.0 Å². The van der Waals surface area contributed by atoms with Gasteiger partial charge in [-0.25, -0.2) is 0 Å². The summed E-state index contributed by atoms with van der Waals surface area (Å²) >= 11 is 0. The molecular weight excluding hydrogens is 665 g/mol. The molecule has 2 heteroatoms. The standard InChI is InChI=1S/C53H43N2/c1-3-15-39(40-30-33-51-48(34-40)45-22-9-11-26-49(45)54(51)41-19-5-4-6-20-41)35-52-47-23-10-12-27-50(47)55(52)42-31-28-37(29-32-42)44-24-14-25-46(53(44)38-17-13-18-38)43-21-8-7-16-36(43)2/h3-12,14-16,19-35,38H,13,17-18H2,1-2H3/q+1/b15-3-. The van der Waals surface area contributed by atoms with Crippen LogP contribution in [0, 0.1) is 6.92 Å². The van der Waals surface area contributed by atoms with Crippen molar-refractivity contribution in [2.24, 2.45) is 0 Å². The Morgan fingerprint density at radius 3 is 2.09 bits per heavy atom. The lowest BCUT2D eigenvalue weighted by atomic mass is 9.74. The fraction of sp³-hybridized carbons (Fsp3) is 0.113. The molecule has 0 unspecified atom stereocenters. The number of para-hydroxylation sites is 3. The largest absolute Gasteiger partial charge is 0.309 e. The van der Waals surface area contributed by atoms with E-state index in [2.05, 4.69) is 205 Å². The monoisotopic (exact) mass is 707 g/mol. The second-order valence-corrected chi connectivity index (χ2v) is 15.0. The summed E-state index contributed by atoms with van der Waals surface area (Å²) in [7, 11) is 0. The normalized spacial score (nSPS) is 14.4. The highest BCUT2D eigenvalue weighted by molar-refractivity contribution is 6.23. The average molecular weight is 708 g/mol. The Morgan fingerprint density at radius 2 is 1.31 bits per heavy atom. The van der Waals surface area contributed by atoms with Crippen LogP contribution in [-0.2, 0) is 0 Å². The molecule has 2 nitrogen and oxygen atoms in total. The van der Waals surface area contributed by atoms with E-state index in [1.54, 1.807) is 0 Å². The number of allylic oxidation sites excluding steroid dienone is 4. The fourth-order valence-electron chi connectivity index (χ4n) is 8.92. The van der Waals surface area contributed by atoms with Gasteiger partial charge in [0.1, 0.15) is 5.56 Å². The maximum Gasteiger partial charge on any atom is 0.226 e. The first-order chi connectivity index (χ1) is 27.2. The van der Waals surface area contributed by atoms with Crippen LogP contribution in [0.1, 0.15) is 54.4 Å². The Morgan fingerprint density at radius 1 is 0.618 bits per heavy atom. The van der Waals surface area contributed by atoms with Crippen molar-refractivity contribution in [2.75, 3.05) is 0 Å². The molecule has 7 aromatic carbocycles. The molecule has 0 atom stereocenters. The summed E-state index contributed by atoms with van der Waals surface area (Å²) in [4.78, 5) is 0. The van der Waals surface area contributed by atoms with E-state index in [-0.39, 0.29) is 0 Å². The predicted molar refractivity (Wildman–Crippen MR) is 234 cm³/mol. The van der Waals surface area contributed by atoms with Crippen molar-refractivity contribution in [3.63, 3.8) is 0 Å². The van der Waals surface area contributed by atoms with Gasteiger partial charge in [-0.2, -0.15) is 4.58 Å². The molecule has 1 fully saturated rings. The topological polar surface area (TPSA) is 7.94 Å². The molecule has 2 heterocycles. The van der Waals surface area contributed by atoms with Crippen LogP contribution in [-0.4, -0.2) is 10.3 Å². The Bertz CT molecular complexity index is 2840. The van der Waals surface area contributed by atoms with Gasteiger partial charge < -0.3 is 4.57 Å². The van der Waals surface area contributed by atoms with Crippen LogP contribution in [0.2, 0.25) is 0 Å². The third-order valence-corrected chi connectivity index (χ3v) is 11.8. The average Bonchev–Trinajstić information content (AvgIpc) is 3.54. The van der Waals surface area contributed by atoms with E-state index >= 15 is 0 Å². The van der Waals surface area contributed by atoms with Gasteiger partial charge in [-0.3, -0.25) is 0 Å². The third-order valence-electron chi connectivity index (χ3n) is 11.8. The molecule has 55 heavy (non-hydrogen) atoms. The zero-order valence-electron chi connectivity index (χ0n) is 31.4. The van der Waals surface area contributed by atoms with Gasteiger partial charge in [-0.05, 0) is 126 Å². The van der Waals surface area contributed by atoms with Crippen molar-refractivity contribution in [1.29, 1.82) is 0 Å². The first-order valence-corrected chi connectivity index (χ1v) is 19.7. The molecule has 1 saturated carbocycles. The summed E-state index contributed by atoms with van der Waals surface area (Å²) in [6, 6.07) is 60.2. The van der Waals surface area contributed by atoms with Gasteiger partial charge in [0.2, 0.25) is 17.1 Å². The quantitative estimate of drug-likeness (QED) is 0.110. The van der Waals surface area contributed by atoms with Gasteiger partial charge in [-0.15, -0.1) is 0 Å². The van der Waals surface area contributed by atoms with E-state index in [0.29, 0.717) is 5.92 Å². The lowest BCUT2D eigenvalue weighted by Gasteiger charge is -2.31. The SMILES string of the molecule is C/C=C\C(=C/C1=[N+](c2ccc(-c3cccc(-c4ccccc4C)c3C3CCC3)cc2)c2ccccc21)c1ccc2c(c1)c1ccccc1n2-c1ccccc1. The zero-order valence-corrected chi connectivity index (χ0v) is 31.4. The lowest BCUT2D eigenvalue weighted by molar-refractivity contribution is 0.421. The molecule has 0 amide bonds. The van der Waals surface area contributed by atoms with Crippen molar-refractivity contribution in [3.05, 3.63) is 204 Å². The Balaban J connectivity index is 1.07. The number of fused-ring (bicyclic) bond motifs is 4. The molecule has 1 aliphatic carbocycles. The van der Waals surface area contributed by atoms with Crippen LogP contribution in [0.25, 0.3) is 55.3 Å². The van der Waals surface area contributed by atoms with Crippen molar-refractivity contribution in [1.82, 2.24) is 9.14 Å². The molecule has 0 N–H and O–H groups in total. The third kappa shape index (κ3) is 5.60. The van der Waals surface area contributed by atoms with Crippen LogP contribution in [0.5, 0.6) is 0 Å². The zero-order chi connectivity index (χ0) is 36.9. The van der Waals surface area contributed by atoms with Gasteiger partial charge >= 0.3 is 0 Å². The minimum atomic E-state index is 0.608. The Labute approximate surface area is 323 Å². The summed E-state index contributed by atoms with van der Waals surface area (Å²) in [6.07, 6.45) is 10.6. The van der Waals surface area contributed by atoms with Crippen LogP contribution in [0.15, 0.2) is 182 Å². The number of nitrogens with zero attached hydrogens (tertiary/aromatic N) is 2. The molecule has 1 aliphatic heterocycles. The van der Waals surface area contributed by atoms with E-state index in [1.165, 1.54) is 114 Å². The summed E-state index contributed by atoms with van der Waals surface area (Å²) in [5.41, 5.74) is 19.1. The molecule has 10 rings (SSSR count). The molecule has 8 aromatic rings. The smallest absolute Gasteiger partial charge is 0.226 e. The maximum atomic E-state index is 2.42. The summed E-state index contributed by atoms with van der Waals surface area (Å²) in [5, 5.41) is 2.52. The highest BCUT2D eigenvalue weighted by Gasteiger charge is 2.36. The number of hydrogen-bond donors (Lipinski definition) is 0. The predicted octanol–water partition coefficient (Wildman–Crippen LogP) is 14.0. The first kappa shape index (κ1) is 33.1. The van der Waals surface area contributed by atoms with Crippen LogP contribution < -0.4 is 4.58 Å². The second-order valence-electron chi connectivity index (χ2n) is 15.0. The lowest BCUT2D eigenvalue weighted by Crippen LogP contribution is -2.27. The minimum absolute atomic E-state index is 0.608. The van der Waals surface area contributed by atoms with Gasteiger partial charge in [0.15, 0.2) is 0 Å². The van der Waals surface area contributed by atoms with Crippen LogP contribution in [0.3, 0.4) is 0 Å². The first-order valence-electron chi connectivity index (χ1n) is 19.7. The van der Waals surface area contributed by atoms with Crippen molar-refractivity contribution >= 4 is 44.5 Å². The fourth-order valence-corrected chi connectivity index (χ4v) is 8.92. The molecule has 0 bridgehead atoms. The Hall–Kier alpha value is -6.51. The number of aromatic nitrogens is 1. The molecule has 0 saturated heterocycles. The second kappa shape index (κ2) is 13.7. The summed E-state index contributed by atoms with van der Waals surface area (Å²) < 4.78 is 4.79. The maximum absolute atomic E-state index is 2.42. The van der Waals surface area contributed by atoms with Gasteiger partial charge in [-0.1, -0.05) is 116 Å². The van der Waals surface area contributed by atoms with Gasteiger partial charge in [0.05, 0.1) is 11.0 Å². The Kier molecular flexibility index (Phi) is 8.25. The van der Waals surface area contributed by atoms with E-state index < -0.39 is 0 Å². The summed E-state index contributed by atoms with van der Waals surface area (Å²) in [6.45, 7) is 4.34. The van der Waals surface area contributed by atoms with E-state index in [9.17, 15) is 0 Å². The van der Waals surface area contributed by atoms with E-state index in [4.69, 9.17) is 0 Å². The van der Waals surface area contributed by atoms with Gasteiger partial charge in [0.25, 0.3) is 0 Å². The van der Waals surface area contributed by atoms with E-state index in [0.717, 1.165) is 0 Å². The number of rotatable bonds is 8. The molecular formula is C53H43N2+. The number of aryl methyl sites for hydroxylation is 1. The van der Waals surface area contributed by atoms with Crippen LogP contribution >= 0.6 is 0 Å². The van der Waals surface area contributed by atoms with Crippen LogP contribution in [0.4, 0.5) is 11.4 Å².